The van der Waals surface area contributed by atoms with E-state index in [1.165, 1.54) is 17.9 Å². The van der Waals surface area contributed by atoms with E-state index < -0.39 is 37.0 Å². The zero-order valence-corrected chi connectivity index (χ0v) is 22.5. The third kappa shape index (κ3) is 6.70. The van der Waals surface area contributed by atoms with Crippen LogP contribution in [-0.4, -0.2) is 54.3 Å². The molecular weight excluding hydrogens is 516 g/mol. The molecule has 0 bridgehead atoms. The van der Waals surface area contributed by atoms with Gasteiger partial charge in [0.05, 0.1) is 17.1 Å². The van der Waals surface area contributed by atoms with E-state index in [1.807, 2.05) is 26.8 Å². The van der Waals surface area contributed by atoms with Crippen molar-refractivity contribution in [1.82, 2.24) is 24.8 Å². The summed E-state index contributed by atoms with van der Waals surface area (Å²) in [5.41, 5.74) is 0.146. The maximum absolute atomic E-state index is 13.0. The number of carbonyl (C=O) groups is 1. The normalized spacial score (nSPS) is 11.8. The molecule has 3 rings (SSSR count). The van der Waals surface area contributed by atoms with Gasteiger partial charge in [-0.05, 0) is 45.4 Å². The Balaban J connectivity index is 2.03. The molecule has 1 amide bonds. The van der Waals surface area contributed by atoms with E-state index in [9.17, 15) is 23.3 Å². The molecule has 0 aliphatic rings. The molecule has 0 atom stereocenters. The average Bonchev–Trinajstić information content (AvgIpc) is 3.19. The number of methoxy groups -OCH3 is 1. The third-order valence-electron chi connectivity index (χ3n) is 5.33. The van der Waals surface area contributed by atoms with E-state index in [1.54, 1.807) is 25.4 Å². The van der Waals surface area contributed by atoms with E-state index >= 15 is 0 Å². The van der Waals surface area contributed by atoms with Crippen molar-refractivity contribution in [3.63, 3.8) is 0 Å². The second-order valence-electron chi connectivity index (χ2n) is 9.29. The molecule has 0 aliphatic heterocycles. The Hall–Kier alpha value is -3.88. The van der Waals surface area contributed by atoms with Gasteiger partial charge in [-0.25, -0.2) is 17.8 Å². The van der Waals surface area contributed by atoms with Crippen molar-refractivity contribution in [3.8, 4) is 11.6 Å². The largest absolute Gasteiger partial charge is 0.438 e. The molecule has 204 valence electrons. The van der Waals surface area contributed by atoms with E-state index in [-0.39, 0.29) is 37.0 Å². The number of amides is 1. The SMILES string of the molecule is COCCNS(=O)(=O)c1cc([N+](=O)[O-])ccc1Oc1c(C)c(C(=O)NCc2cccnc2)nn1C(C)(C)C. The zero-order chi connectivity index (χ0) is 28.1. The molecular formula is C24H30N6O7S. The van der Waals surface area contributed by atoms with Crippen LogP contribution in [0.4, 0.5) is 5.69 Å². The first-order chi connectivity index (χ1) is 17.8. The van der Waals surface area contributed by atoms with Crippen LogP contribution < -0.4 is 14.8 Å². The summed E-state index contributed by atoms with van der Waals surface area (Å²) in [6.07, 6.45) is 3.26. The van der Waals surface area contributed by atoms with Crippen LogP contribution in [0.5, 0.6) is 11.6 Å². The highest BCUT2D eigenvalue weighted by Gasteiger charge is 2.30. The maximum Gasteiger partial charge on any atom is 0.272 e. The van der Waals surface area contributed by atoms with Gasteiger partial charge < -0.3 is 14.8 Å². The van der Waals surface area contributed by atoms with Crippen LogP contribution in [0.1, 0.15) is 42.4 Å². The number of hydrogen-bond donors (Lipinski definition) is 2. The van der Waals surface area contributed by atoms with Crippen LogP contribution >= 0.6 is 0 Å². The van der Waals surface area contributed by atoms with Gasteiger partial charge in [-0.15, -0.1) is 0 Å². The van der Waals surface area contributed by atoms with Gasteiger partial charge >= 0.3 is 0 Å². The molecule has 3 aromatic rings. The quantitative estimate of drug-likeness (QED) is 0.209. The Bertz CT molecular complexity index is 1420. The molecule has 2 N–H and O–H groups in total. The van der Waals surface area contributed by atoms with Crippen LogP contribution in [0.25, 0.3) is 0 Å². The van der Waals surface area contributed by atoms with Gasteiger partial charge in [0.2, 0.25) is 15.9 Å². The summed E-state index contributed by atoms with van der Waals surface area (Å²) >= 11 is 0. The number of hydrogen-bond acceptors (Lipinski definition) is 9. The number of rotatable bonds is 11. The Kier molecular flexibility index (Phi) is 8.81. The lowest BCUT2D eigenvalue weighted by atomic mass is 10.1. The molecule has 13 nitrogen and oxygen atoms in total. The molecule has 0 spiro atoms. The minimum Gasteiger partial charge on any atom is -0.438 e. The van der Waals surface area contributed by atoms with Crippen molar-refractivity contribution >= 4 is 21.6 Å². The van der Waals surface area contributed by atoms with Gasteiger partial charge in [0, 0.05) is 50.3 Å². The second-order valence-corrected chi connectivity index (χ2v) is 11.0. The monoisotopic (exact) mass is 546 g/mol. The van der Waals surface area contributed by atoms with Crippen molar-refractivity contribution in [1.29, 1.82) is 0 Å². The Morgan fingerprint density at radius 3 is 2.58 bits per heavy atom. The Morgan fingerprint density at radius 2 is 1.97 bits per heavy atom. The first-order valence-electron chi connectivity index (χ1n) is 11.6. The van der Waals surface area contributed by atoms with E-state index in [4.69, 9.17) is 9.47 Å². The lowest BCUT2D eigenvalue weighted by Gasteiger charge is -2.22. The number of nitro benzene ring substituents is 1. The summed E-state index contributed by atoms with van der Waals surface area (Å²) in [6.45, 7) is 7.40. The molecule has 0 aliphatic carbocycles. The standard InChI is InChI=1S/C24H30N6O7S/c1-16-21(22(31)26-15-17-7-6-10-25-14-17)28-29(24(2,3)4)23(16)37-19-9-8-18(30(32)33)13-20(19)38(34,35)27-11-12-36-5/h6-10,13-14,27H,11-12,15H2,1-5H3,(H,26,31). The lowest BCUT2D eigenvalue weighted by molar-refractivity contribution is -0.385. The summed E-state index contributed by atoms with van der Waals surface area (Å²) in [5, 5.41) is 18.6. The van der Waals surface area contributed by atoms with Crippen LogP contribution in [-0.2, 0) is 26.8 Å². The number of sulfonamides is 1. The molecule has 0 fully saturated rings. The predicted molar refractivity (Wildman–Crippen MR) is 138 cm³/mol. The molecule has 1 aromatic carbocycles. The molecule has 14 heteroatoms. The van der Waals surface area contributed by atoms with Crippen molar-refractivity contribution in [2.24, 2.45) is 0 Å². The Morgan fingerprint density at radius 1 is 1.24 bits per heavy atom. The number of non-ortho nitro benzene ring substituents is 1. The summed E-state index contributed by atoms with van der Waals surface area (Å²) in [6, 6.07) is 6.83. The molecule has 0 saturated heterocycles. The number of nitro groups is 1. The van der Waals surface area contributed by atoms with Crippen molar-refractivity contribution in [2.75, 3.05) is 20.3 Å². The highest BCUT2D eigenvalue weighted by molar-refractivity contribution is 7.89. The van der Waals surface area contributed by atoms with Crippen LogP contribution in [0.2, 0.25) is 0 Å². The molecule has 38 heavy (non-hydrogen) atoms. The van der Waals surface area contributed by atoms with Gasteiger partial charge in [0.1, 0.15) is 10.6 Å². The number of pyridine rings is 1. The highest BCUT2D eigenvalue weighted by Crippen LogP contribution is 2.36. The van der Waals surface area contributed by atoms with Gasteiger partial charge in [-0.3, -0.25) is 19.9 Å². The number of nitrogens with one attached hydrogen (secondary N) is 2. The fourth-order valence-electron chi connectivity index (χ4n) is 3.40. The average molecular weight is 547 g/mol. The van der Waals surface area contributed by atoms with Gasteiger partial charge in [-0.2, -0.15) is 5.10 Å². The van der Waals surface area contributed by atoms with Crippen LogP contribution in [0, 0.1) is 17.0 Å². The summed E-state index contributed by atoms with van der Waals surface area (Å²) in [5.74, 6) is -0.514. The second kappa shape index (κ2) is 11.7. The van der Waals surface area contributed by atoms with Crippen molar-refractivity contribution < 1.29 is 27.6 Å². The number of carbonyl (C=O) groups excluding carboxylic acids is 1. The topological polar surface area (TPSA) is 168 Å². The number of benzene rings is 1. The van der Waals surface area contributed by atoms with Gasteiger partial charge in [-0.1, -0.05) is 6.07 Å². The maximum atomic E-state index is 13.0. The molecule has 2 aromatic heterocycles. The zero-order valence-electron chi connectivity index (χ0n) is 21.7. The molecule has 0 saturated carbocycles. The minimum atomic E-state index is -4.22. The molecule has 0 radical (unpaired) electrons. The van der Waals surface area contributed by atoms with Crippen molar-refractivity contribution in [2.45, 2.75) is 44.7 Å². The Labute approximate surface area is 220 Å². The van der Waals surface area contributed by atoms with Crippen LogP contribution in [0.15, 0.2) is 47.6 Å². The third-order valence-corrected chi connectivity index (χ3v) is 6.81. The summed E-state index contributed by atoms with van der Waals surface area (Å²) in [4.78, 5) is 27.3. The molecule has 2 heterocycles. The fourth-order valence-corrected chi connectivity index (χ4v) is 4.56. The van der Waals surface area contributed by atoms with E-state index in [0.717, 1.165) is 17.7 Å². The first kappa shape index (κ1) is 28.7. The number of ether oxygens (including phenoxy) is 2. The minimum absolute atomic E-state index is 0.0544. The lowest BCUT2D eigenvalue weighted by Crippen LogP contribution is -2.28. The van der Waals surface area contributed by atoms with Crippen molar-refractivity contribution in [3.05, 3.63) is 69.7 Å². The summed E-state index contributed by atoms with van der Waals surface area (Å²) in [7, 11) is -2.81. The predicted octanol–water partition coefficient (Wildman–Crippen LogP) is 2.90. The first-order valence-corrected chi connectivity index (χ1v) is 13.1. The highest BCUT2D eigenvalue weighted by atomic mass is 32.2. The van der Waals surface area contributed by atoms with Gasteiger partial charge in [0.15, 0.2) is 5.69 Å². The summed E-state index contributed by atoms with van der Waals surface area (Å²) < 4.78 is 40.8. The van der Waals surface area contributed by atoms with E-state index in [2.05, 4.69) is 20.1 Å². The molecule has 0 unspecified atom stereocenters. The van der Waals surface area contributed by atoms with E-state index in [0.29, 0.717) is 5.56 Å². The van der Waals surface area contributed by atoms with Crippen LogP contribution in [0.3, 0.4) is 0 Å². The van der Waals surface area contributed by atoms with Gasteiger partial charge in [0.25, 0.3) is 11.6 Å². The fraction of sp³-hybridized carbons (Fsp3) is 0.375. The smallest absolute Gasteiger partial charge is 0.272 e. The number of nitrogens with zero attached hydrogens (tertiary/aromatic N) is 4. The number of aromatic nitrogens is 3.